The van der Waals surface area contributed by atoms with Crippen LogP contribution in [-0.4, -0.2) is 108 Å². The molecule has 0 unspecified atom stereocenters. The van der Waals surface area contributed by atoms with Crippen molar-refractivity contribution in [3.8, 4) is 5.75 Å². The van der Waals surface area contributed by atoms with E-state index in [1.54, 1.807) is 19.2 Å². The number of piperazine rings is 1. The molecule has 1 amide bonds. The van der Waals surface area contributed by atoms with Crippen molar-refractivity contribution in [1.82, 2.24) is 14.7 Å². The van der Waals surface area contributed by atoms with Crippen molar-refractivity contribution in [1.29, 1.82) is 0 Å². The fourth-order valence-corrected chi connectivity index (χ4v) is 5.99. The maximum atomic E-state index is 13.1. The van der Waals surface area contributed by atoms with E-state index in [0.29, 0.717) is 5.58 Å². The van der Waals surface area contributed by atoms with E-state index in [1.807, 2.05) is 29.2 Å². The lowest BCUT2D eigenvalue weighted by atomic mass is 10.0. The molecule has 12 nitrogen and oxygen atoms in total. The predicted octanol–water partition coefficient (Wildman–Crippen LogP) is 6.10. The van der Waals surface area contributed by atoms with Crippen molar-refractivity contribution in [2.24, 2.45) is 0 Å². The Kier molecular flexibility index (Phi) is 14.9. The van der Waals surface area contributed by atoms with Crippen molar-refractivity contribution in [3.63, 3.8) is 0 Å². The molecule has 3 N–H and O–H groups in total. The Bertz CT molecular complexity index is 1950. The van der Waals surface area contributed by atoms with Gasteiger partial charge in [-0.2, -0.15) is 26.3 Å². The summed E-state index contributed by atoms with van der Waals surface area (Å²) in [6.07, 6.45) is -8.23. The highest BCUT2D eigenvalue weighted by molar-refractivity contribution is 5.94. The van der Waals surface area contributed by atoms with Gasteiger partial charge < -0.3 is 29.6 Å². The number of carboxylic acids is 2. The molecule has 0 aliphatic carbocycles. The zero-order valence-electron chi connectivity index (χ0n) is 30.1. The van der Waals surface area contributed by atoms with Gasteiger partial charge in [-0.15, -0.1) is 0 Å². The van der Waals surface area contributed by atoms with Crippen molar-refractivity contribution in [3.05, 3.63) is 106 Å². The van der Waals surface area contributed by atoms with Crippen LogP contribution in [0.15, 0.2) is 88.1 Å². The summed E-state index contributed by atoms with van der Waals surface area (Å²) in [6.45, 7) is 7.00. The number of carbonyl (C=O) groups excluding carboxylic acids is 1. The number of benzene rings is 3. The highest BCUT2D eigenvalue weighted by atomic mass is 19.4. The topological polar surface area (TPSA) is 153 Å². The molecule has 2 saturated heterocycles. The van der Waals surface area contributed by atoms with Crippen LogP contribution in [0.25, 0.3) is 11.0 Å². The third-order valence-electron chi connectivity index (χ3n) is 8.90. The Balaban J connectivity index is 0.000000425. The lowest BCUT2D eigenvalue weighted by Gasteiger charge is -2.35. The summed E-state index contributed by atoms with van der Waals surface area (Å²) in [5.41, 5.74) is 4.26. The molecule has 4 aromatic rings. The van der Waals surface area contributed by atoms with Gasteiger partial charge in [-0.3, -0.25) is 14.6 Å². The molecule has 6 rings (SSSR count). The highest BCUT2D eigenvalue weighted by Gasteiger charge is 2.39. The van der Waals surface area contributed by atoms with Crippen LogP contribution in [0.5, 0.6) is 5.75 Å². The summed E-state index contributed by atoms with van der Waals surface area (Å²) in [6, 6.07) is 25.9. The minimum atomic E-state index is -5.08. The van der Waals surface area contributed by atoms with Crippen LogP contribution in [0.2, 0.25) is 0 Å². The fourth-order valence-electron chi connectivity index (χ4n) is 5.99. The average molecular weight is 795 g/mol. The Morgan fingerprint density at radius 3 is 1.79 bits per heavy atom. The Morgan fingerprint density at radius 1 is 0.750 bits per heavy atom. The quantitative estimate of drug-likeness (QED) is 0.140. The number of nitrogens with one attached hydrogen (secondary N) is 1. The summed E-state index contributed by atoms with van der Waals surface area (Å²) >= 11 is 0. The van der Waals surface area contributed by atoms with E-state index < -0.39 is 24.3 Å². The van der Waals surface area contributed by atoms with Gasteiger partial charge in [0.25, 0.3) is 5.91 Å². The van der Waals surface area contributed by atoms with Gasteiger partial charge in [-0.05, 0) is 54.3 Å². The van der Waals surface area contributed by atoms with E-state index in [-0.39, 0.29) is 17.6 Å². The number of likely N-dealkylation sites (tertiary alicyclic amines) is 1. The first kappa shape index (κ1) is 43.1. The van der Waals surface area contributed by atoms with E-state index in [2.05, 4.69) is 51.5 Å². The van der Waals surface area contributed by atoms with Crippen LogP contribution in [0, 0.1) is 0 Å². The number of rotatable bonds is 8. The van der Waals surface area contributed by atoms with Gasteiger partial charge in [0.1, 0.15) is 11.3 Å². The Morgan fingerprint density at radius 2 is 1.27 bits per heavy atom. The van der Waals surface area contributed by atoms with Crippen LogP contribution >= 0.6 is 0 Å². The fraction of sp³-hybridized carbons (Fsp3) is 0.368. The molecule has 0 saturated carbocycles. The van der Waals surface area contributed by atoms with Crippen LogP contribution < -0.4 is 15.7 Å². The third-order valence-corrected chi connectivity index (χ3v) is 8.90. The van der Waals surface area contributed by atoms with Gasteiger partial charge in [-0.25, -0.2) is 14.4 Å². The monoisotopic (exact) mass is 794 g/mol. The first-order chi connectivity index (χ1) is 26.4. The van der Waals surface area contributed by atoms with E-state index in [4.69, 9.17) is 29.0 Å². The van der Waals surface area contributed by atoms with Gasteiger partial charge in [0.05, 0.1) is 12.8 Å². The van der Waals surface area contributed by atoms with E-state index in [0.717, 1.165) is 87.6 Å². The lowest BCUT2D eigenvalue weighted by molar-refractivity contribution is -0.193. The van der Waals surface area contributed by atoms with Crippen molar-refractivity contribution < 1.29 is 60.1 Å². The molecular formula is C38H40F6N4O8. The standard InChI is InChI=1S/C34H38N4O4.2C2HF3O2/c1-41-29-11-12-32-30(21-29)31(22-33(39)42-32)35-28-13-15-36(16-14-28)24-26-7-9-27(10-8-26)34(40)38-19-17-37(18-20-38)23-25-5-3-2-4-6-25;2*3-2(4,5)1(6)7/h2-12,21-22,28,35H,13-20,23-24H2,1H3;2*(H,6,7). The molecule has 3 heterocycles. The van der Waals surface area contributed by atoms with E-state index in [9.17, 15) is 35.9 Å². The predicted molar refractivity (Wildman–Crippen MR) is 192 cm³/mol. The number of amides is 1. The second kappa shape index (κ2) is 19.3. The summed E-state index contributed by atoms with van der Waals surface area (Å²) in [4.78, 5) is 49.9. The maximum absolute atomic E-state index is 13.1. The molecule has 18 heteroatoms. The number of hydrogen-bond donors (Lipinski definition) is 3. The van der Waals surface area contributed by atoms with Gasteiger partial charge in [0, 0.05) is 75.4 Å². The molecule has 2 aliphatic heterocycles. The SMILES string of the molecule is COc1ccc2oc(=O)cc(NC3CCN(Cc4ccc(C(=O)N5CCN(Cc6ccccc6)CC5)cc4)CC3)c2c1.O=C(O)C(F)(F)F.O=C(O)C(F)(F)F. The second-order valence-electron chi connectivity index (χ2n) is 12.9. The highest BCUT2D eigenvalue weighted by Crippen LogP contribution is 2.28. The van der Waals surface area contributed by atoms with Crippen molar-refractivity contribution in [2.75, 3.05) is 51.7 Å². The smallest absolute Gasteiger partial charge is 0.490 e. The molecule has 56 heavy (non-hydrogen) atoms. The van der Waals surface area contributed by atoms with Crippen LogP contribution in [0.1, 0.15) is 34.3 Å². The number of aliphatic carboxylic acids is 2. The van der Waals surface area contributed by atoms with Crippen LogP contribution in [0.4, 0.5) is 32.0 Å². The maximum Gasteiger partial charge on any atom is 0.490 e. The van der Waals surface area contributed by atoms with Gasteiger partial charge in [0.2, 0.25) is 0 Å². The normalized spacial score (nSPS) is 15.5. The summed E-state index contributed by atoms with van der Waals surface area (Å²) < 4.78 is 74.2. The molecule has 2 aliphatic rings. The Labute approximate surface area is 316 Å². The van der Waals surface area contributed by atoms with Crippen LogP contribution in [-0.2, 0) is 22.7 Å². The van der Waals surface area contributed by atoms with Gasteiger partial charge >= 0.3 is 29.9 Å². The molecule has 1 aromatic heterocycles. The number of piperidine rings is 1. The number of halogens is 6. The number of nitrogens with zero attached hydrogens (tertiary/aromatic N) is 3. The number of alkyl halides is 6. The van der Waals surface area contributed by atoms with E-state index >= 15 is 0 Å². The number of methoxy groups -OCH3 is 1. The minimum absolute atomic E-state index is 0.118. The summed E-state index contributed by atoms with van der Waals surface area (Å²) in [5, 5.41) is 18.7. The number of fused-ring (bicyclic) bond motifs is 1. The van der Waals surface area contributed by atoms with E-state index in [1.165, 1.54) is 17.2 Å². The number of carbonyl (C=O) groups is 3. The first-order valence-electron chi connectivity index (χ1n) is 17.3. The lowest BCUT2D eigenvalue weighted by Crippen LogP contribution is -2.48. The zero-order chi connectivity index (χ0) is 41.0. The molecule has 0 bridgehead atoms. The zero-order valence-corrected chi connectivity index (χ0v) is 30.1. The molecular weight excluding hydrogens is 754 g/mol. The molecule has 0 atom stereocenters. The minimum Gasteiger partial charge on any atom is -0.497 e. The largest absolute Gasteiger partial charge is 0.497 e. The number of ether oxygens (including phenoxy) is 1. The van der Waals surface area contributed by atoms with Gasteiger partial charge in [-0.1, -0.05) is 42.5 Å². The molecule has 3 aromatic carbocycles. The second-order valence-corrected chi connectivity index (χ2v) is 12.9. The number of carboxylic acid groups (broad SMARTS) is 2. The van der Waals surface area contributed by atoms with Gasteiger partial charge in [0.15, 0.2) is 0 Å². The Hall–Kier alpha value is -5.62. The summed E-state index contributed by atoms with van der Waals surface area (Å²) in [5.74, 6) is -4.67. The number of hydrogen-bond acceptors (Lipinski definition) is 9. The molecule has 302 valence electrons. The molecule has 2 fully saturated rings. The first-order valence-corrected chi connectivity index (χ1v) is 17.3. The van der Waals surface area contributed by atoms with Crippen molar-refractivity contribution in [2.45, 2.75) is 44.3 Å². The number of anilines is 1. The van der Waals surface area contributed by atoms with Crippen LogP contribution in [0.3, 0.4) is 0 Å². The summed E-state index contributed by atoms with van der Waals surface area (Å²) in [7, 11) is 1.63. The van der Waals surface area contributed by atoms with Crippen molar-refractivity contribution >= 4 is 34.5 Å². The average Bonchev–Trinajstić information content (AvgIpc) is 3.16. The molecule has 0 radical (unpaired) electrons. The molecule has 0 spiro atoms. The third kappa shape index (κ3) is 13.0.